The predicted molar refractivity (Wildman–Crippen MR) is 225 cm³/mol. The highest BCUT2D eigenvalue weighted by Gasteiger charge is 2.22. The van der Waals surface area contributed by atoms with Crippen LogP contribution in [0.5, 0.6) is 5.75 Å². The first-order chi connectivity index (χ1) is 29.7. The number of aryl methyl sites for hydroxylation is 4. The molecule has 0 aliphatic heterocycles. The number of hydrogen-bond donors (Lipinski definition) is 4. The Morgan fingerprint density at radius 3 is 1.77 bits per heavy atom. The third kappa shape index (κ3) is 10.4. The summed E-state index contributed by atoms with van der Waals surface area (Å²) in [4.78, 5) is 73.4. The van der Waals surface area contributed by atoms with Crippen LogP contribution in [0.3, 0.4) is 0 Å². The van der Waals surface area contributed by atoms with Gasteiger partial charge >= 0.3 is 11.9 Å². The topological polar surface area (TPSA) is 233 Å². The Morgan fingerprint density at radius 2 is 1.23 bits per heavy atom. The molecular formula is C45H48N6O11. The van der Waals surface area contributed by atoms with Crippen molar-refractivity contribution in [3.8, 4) is 39.7 Å². The van der Waals surface area contributed by atoms with Crippen LogP contribution < -0.4 is 15.5 Å². The van der Waals surface area contributed by atoms with E-state index in [9.17, 15) is 29.4 Å². The maximum Gasteiger partial charge on any atom is 0.354 e. The second-order valence-electron chi connectivity index (χ2n) is 14.8. The van der Waals surface area contributed by atoms with Gasteiger partial charge in [-0.1, -0.05) is 0 Å². The van der Waals surface area contributed by atoms with Crippen LogP contribution in [0.2, 0.25) is 0 Å². The Hall–Kier alpha value is -6.79. The van der Waals surface area contributed by atoms with Crippen LogP contribution in [0.1, 0.15) is 92.9 Å². The zero-order valence-electron chi connectivity index (χ0n) is 35.5. The molecule has 0 aliphatic rings. The van der Waals surface area contributed by atoms with Crippen LogP contribution in [0.4, 0.5) is 0 Å². The molecule has 0 saturated carbocycles. The number of rotatable bonds is 21. The van der Waals surface area contributed by atoms with E-state index < -0.39 is 11.9 Å². The summed E-state index contributed by atoms with van der Waals surface area (Å²) >= 11 is 0. The molecule has 324 valence electrons. The number of hydrogen-bond acceptors (Lipinski definition) is 15. The smallest absolute Gasteiger partial charge is 0.354 e. The van der Waals surface area contributed by atoms with E-state index in [1.54, 1.807) is 52.0 Å². The number of nitrogens with zero attached hydrogens (tertiary/aromatic N) is 4. The number of aromatic nitrogens is 3. The average molecular weight is 849 g/mol. The number of carbonyl (C=O) groups is 4. The van der Waals surface area contributed by atoms with Gasteiger partial charge < -0.3 is 39.0 Å². The van der Waals surface area contributed by atoms with Gasteiger partial charge in [0.05, 0.1) is 29.8 Å². The molecule has 6 aromatic rings. The van der Waals surface area contributed by atoms with Crippen molar-refractivity contribution in [2.24, 2.45) is 0 Å². The summed E-state index contributed by atoms with van der Waals surface area (Å²) in [5, 5.41) is 26.6. The van der Waals surface area contributed by atoms with Gasteiger partial charge in [0.25, 0.3) is 0 Å². The van der Waals surface area contributed by atoms with Crippen LogP contribution in [0.15, 0.2) is 55.7 Å². The van der Waals surface area contributed by atoms with Gasteiger partial charge in [-0.05, 0) is 89.6 Å². The Bertz CT molecular complexity index is 2620. The van der Waals surface area contributed by atoms with E-state index >= 15 is 0 Å². The Morgan fingerprint density at radius 1 is 0.677 bits per heavy atom. The minimum atomic E-state index is -1.21. The quantitative estimate of drug-likeness (QED) is 0.0251. The van der Waals surface area contributed by atoms with E-state index in [2.05, 4.69) is 30.5 Å². The minimum Gasteiger partial charge on any atom is -0.477 e. The lowest BCUT2D eigenvalue weighted by atomic mass is 10.1. The average Bonchev–Trinajstić information content (AvgIpc) is 3.85. The third-order valence-corrected chi connectivity index (χ3v) is 10.2. The third-order valence-electron chi connectivity index (χ3n) is 10.2. The molecule has 0 aromatic carbocycles. The largest absolute Gasteiger partial charge is 0.477 e. The molecular weight excluding hydrogens is 801 g/mol. The van der Waals surface area contributed by atoms with E-state index in [1.165, 1.54) is 19.2 Å². The maximum atomic E-state index is 12.3. The van der Waals surface area contributed by atoms with Crippen molar-refractivity contribution in [3.63, 3.8) is 0 Å². The summed E-state index contributed by atoms with van der Waals surface area (Å²) in [6, 6.07) is 11.8. The molecule has 6 heterocycles. The standard InChI is InChI=1S/C45H48N6O11/c1-24-12-25(2)59-40(24)31-14-34(49-38(17-31)44(54)55)20-47-9-11-51(21-35-15-32(18-39(50-35)45(56)57)43-27(4)41(62-58-7)29(6)61-43)10-8-46-19-33-13-30(16-36(22-52)48-33)42-26(3)37(23-53)28(5)60-42/h12-18,22-23,46-47H,8-11,19-21H2,1-7H3,(H,54,55)(H,56,57). The summed E-state index contributed by atoms with van der Waals surface area (Å²) in [5.41, 5.74) is 5.84. The lowest BCUT2D eigenvalue weighted by molar-refractivity contribution is -0.179. The fourth-order valence-corrected chi connectivity index (χ4v) is 7.30. The molecule has 4 N–H and O–H groups in total. The Kier molecular flexibility index (Phi) is 14.2. The molecule has 0 spiro atoms. The monoisotopic (exact) mass is 848 g/mol. The number of carboxylic acids is 2. The Labute approximate surface area is 357 Å². The number of aldehydes is 2. The van der Waals surface area contributed by atoms with Crippen molar-refractivity contribution < 1.29 is 52.4 Å². The van der Waals surface area contributed by atoms with Crippen LogP contribution in [0, 0.1) is 41.5 Å². The number of pyridine rings is 3. The first-order valence-corrected chi connectivity index (χ1v) is 19.7. The molecule has 62 heavy (non-hydrogen) atoms. The van der Waals surface area contributed by atoms with Gasteiger partial charge in [0.2, 0.25) is 5.75 Å². The van der Waals surface area contributed by atoms with Gasteiger partial charge in [0.15, 0.2) is 12.6 Å². The zero-order valence-corrected chi connectivity index (χ0v) is 35.5. The molecule has 0 amide bonds. The van der Waals surface area contributed by atoms with E-state index in [4.69, 9.17) is 23.0 Å². The van der Waals surface area contributed by atoms with Crippen molar-refractivity contribution in [2.45, 2.75) is 61.2 Å². The molecule has 6 rings (SSSR count). The van der Waals surface area contributed by atoms with Crippen LogP contribution in [0.25, 0.3) is 34.0 Å². The molecule has 17 nitrogen and oxygen atoms in total. The first-order valence-electron chi connectivity index (χ1n) is 19.7. The van der Waals surface area contributed by atoms with E-state index in [1.807, 2.05) is 19.9 Å². The Balaban J connectivity index is 1.22. The molecule has 0 radical (unpaired) electrons. The summed E-state index contributed by atoms with van der Waals surface area (Å²) in [6.07, 6.45) is 1.40. The number of furan rings is 3. The second-order valence-corrected chi connectivity index (χ2v) is 14.8. The number of carbonyl (C=O) groups excluding carboxylic acids is 2. The predicted octanol–water partition coefficient (Wildman–Crippen LogP) is 6.85. The van der Waals surface area contributed by atoms with Crippen LogP contribution in [-0.4, -0.2) is 87.9 Å². The van der Waals surface area contributed by atoms with Gasteiger partial charge in [-0.15, -0.1) is 0 Å². The number of aromatic carboxylic acids is 2. The highest BCUT2D eigenvalue weighted by molar-refractivity contribution is 5.88. The molecule has 0 aliphatic carbocycles. The van der Waals surface area contributed by atoms with Gasteiger partial charge in [-0.2, -0.15) is 4.89 Å². The normalized spacial score (nSPS) is 11.4. The van der Waals surface area contributed by atoms with Crippen molar-refractivity contribution >= 4 is 24.5 Å². The number of nitrogens with one attached hydrogen (secondary N) is 2. The second kappa shape index (κ2) is 19.7. The van der Waals surface area contributed by atoms with Crippen molar-refractivity contribution in [1.29, 1.82) is 0 Å². The van der Waals surface area contributed by atoms with Crippen LogP contribution in [-0.2, 0) is 24.5 Å². The molecule has 17 heteroatoms. The van der Waals surface area contributed by atoms with Gasteiger partial charge in [0.1, 0.15) is 51.6 Å². The number of carboxylic acid groups (broad SMARTS) is 2. The minimum absolute atomic E-state index is 0.107. The van der Waals surface area contributed by atoms with Crippen molar-refractivity contribution in [1.82, 2.24) is 30.5 Å². The molecule has 0 bridgehead atoms. The van der Waals surface area contributed by atoms with Crippen molar-refractivity contribution in [3.05, 3.63) is 116 Å². The fourth-order valence-electron chi connectivity index (χ4n) is 7.30. The highest BCUT2D eigenvalue weighted by atomic mass is 17.2. The van der Waals surface area contributed by atoms with Crippen molar-refractivity contribution in [2.75, 3.05) is 33.3 Å². The van der Waals surface area contributed by atoms with Gasteiger partial charge in [0, 0.05) is 73.6 Å². The molecule has 0 atom stereocenters. The van der Waals surface area contributed by atoms with E-state index in [-0.39, 0.29) is 30.2 Å². The first kappa shape index (κ1) is 44.8. The summed E-state index contributed by atoms with van der Waals surface area (Å²) in [6.45, 7) is 13.3. The SMILES string of the molecule is COOc1c(C)oc(-c2cc(CN(CCNCc3cc(-c4oc(C)c(C=O)c4C)cc(C=O)n3)CCNCc3cc(-c4oc(C)cc4C)cc(C(=O)O)n3)nc(C(=O)O)c2)c1C. The van der Waals surface area contributed by atoms with Gasteiger partial charge in [-0.3, -0.25) is 14.5 Å². The lowest BCUT2D eigenvalue weighted by Crippen LogP contribution is -2.37. The fraction of sp³-hybridized carbons (Fsp3) is 0.311. The summed E-state index contributed by atoms with van der Waals surface area (Å²) < 4.78 is 17.8. The molecule has 6 aromatic heterocycles. The molecule has 0 fully saturated rings. The van der Waals surface area contributed by atoms with Crippen LogP contribution >= 0.6 is 0 Å². The zero-order chi connectivity index (χ0) is 44.7. The summed E-state index contributed by atoms with van der Waals surface area (Å²) in [7, 11) is 1.38. The van der Waals surface area contributed by atoms with Gasteiger partial charge in [-0.25, -0.2) is 24.5 Å². The molecule has 0 saturated heterocycles. The van der Waals surface area contributed by atoms with E-state index in [0.717, 1.165) is 11.8 Å². The lowest BCUT2D eigenvalue weighted by Gasteiger charge is -2.23. The molecule has 0 unspecified atom stereocenters. The maximum absolute atomic E-state index is 12.3. The summed E-state index contributed by atoms with van der Waals surface area (Å²) in [5.74, 6) is 1.15. The van der Waals surface area contributed by atoms with E-state index in [0.29, 0.717) is 130 Å². The highest BCUT2D eigenvalue weighted by Crippen LogP contribution is 2.37.